The van der Waals surface area contributed by atoms with Gasteiger partial charge in [0.1, 0.15) is 0 Å². The smallest absolute Gasteiger partial charge is 0.240 e. The SMILES string of the molecule is O=C(C1CCCN1Cc1ccc(Br)cc1)N1CCNCC1. The highest BCUT2D eigenvalue weighted by Crippen LogP contribution is 2.22. The quantitative estimate of drug-likeness (QED) is 0.902. The molecule has 1 atom stereocenters. The van der Waals surface area contributed by atoms with Gasteiger partial charge in [-0.25, -0.2) is 0 Å². The van der Waals surface area contributed by atoms with E-state index in [0.29, 0.717) is 5.91 Å². The first-order valence-corrected chi connectivity index (χ1v) is 8.51. The number of likely N-dealkylation sites (tertiary alicyclic amines) is 1. The summed E-state index contributed by atoms with van der Waals surface area (Å²) < 4.78 is 1.10. The first-order valence-electron chi connectivity index (χ1n) is 7.72. The minimum Gasteiger partial charge on any atom is -0.339 e. The highest BCUT2D eigenvalue weighted by molar-refractivity contribution is 9.10. The van der Waals surface area contributed by atoms with E-state index < -0.39 is 0 Å². The average Bonchev–Trinajstić information content (AvgIpc) is 2.98. The number of amides is 1. The van der Waals surface area contributed by atoms with Crippen LogP contribution in [0, 0.1) is 0 Å². The minimum atomic E-state index is 0.0757. The van der Waals surface area contributed by atoms with Gasteiger partial charge in [0, 0.05) is 37.2 Å². The maximum atomic E-state index is 12.7. The van der Waals surface area contributed by atoms with Crippen LogP contribution in [-0.4, -0.2) is 54.5 Å². The summed E-state index contributed by atoms with van der Waals surface area (Å²) in [7, 11) is 0. The molecule has 0 radical (unpaired) electrons. The normalized spacial score (nSPS) is 23.5. The monoisotopic (exact) mass is 351 g/mol. The van der Waals surface area contributed by atoms with Crippen LogP contribution in [0.25, 0.3) is 0 Å². The van der Waals surface area contributed by atoms with E-state index in [0.717, 1.165) is 56.6 Å². The van der Waals surface area contributed by atoms with Crippen LogP contribution < -0.4 is 5.32 Å². The van der Waals surface area contributed by atoms with Gasteiger partial charge < -0.3 is 10.2 Å². The summed E-state index contributed by atoms with van der Waals surface area (Å²) in [6, 6.07) is 8.48. The largest absolute Gasteiger partial charge is 0.339 e. The van der Waals surface area contributed by atoms with Crippen molar-refractivity contribution in [1.29, 1.82) is 0 Å². The molecule has 1 unspecified atom stereocenters. The third-order valence-corrected chi connectivity index (χ3v) is 4.90. The molecule has 0 aromatic heterocycles. The molecule has 1 aromatic carbocycles. The topological polar surface area (TPSA) is 35.6 Å². The highest BCUT2D eigenvalue weighted by Gasteiger charge is 2.33. The Morgan fingerprint density at radius 3 is 2.62 bits per heavy atom. The van der Waals surface area contributed by atoms with Crippen LogP contribution in [0.5, 0.6) is 0 Å². The summed E-state index contributed by atoms with van der Waals surface area (Å²) in [5.74, 6) is 0.325. The van der Waals surface area contributed by atoms with Crippen molar-refractivity contribution >= 4 is 21.8 Å². The molecular weight excluding hydrogens is 330 g/mol. The molecule has 2 saturated heterocycles. The van der Waals surface area contributed by atoms with Crippen molar-refractivity contribution in [3.05, 3.63) is 34.3 Å². The second kappa shape index (κ2) is 6.90. The number of nitrogens with zero attached hydrogens (tertiary/aromatic N) is 2. The lowest BCUT2D eigenvalue weighted by Crippen LogP contribution is -2.52. The Morgan fingerprint density at radius 2 is 1.90 bits per heavy atom. The number of hydrogen-bond acceptors (Lipinski definition) is 3. The number of benzene rings is 1. The molecule has 3 rings (SSSR count). The van der Waals surface area contributed by atoms with E-state index >= 15 is 0 Å². The Bertz CT molecular complexity index is 485. The van der Waals surface area contributed by atoms with Crippen LogP contribution in [0.1, 0.15) is 18.4 Å². The van der Waals surface area contributed by atoms with Crippen molar-refractivity contribution < 1.29 is 4.79 Å². The van der Waals surface area contributed by atoms with Crippen LogP contribution in [0.3, 0.4) is 0 Å². The molecule has 21 heavy (non-hydrogen) atoms. The summed E-state index contributed by atoms with van der Waals surface area (Å²) in [4.78, 5) is 17.1. The van der Waals surface area contributed by atoms with Gasteiger partial charge in [-0.1, -0.05) is 28.1 Å². The van der Waals surface area contributed by atoms with Gasteiger partial charge in [-0.05, 0) is 37.1 Å². The third kappa shape index (κ3) is 3.65. The molecule has 0 saturated carbocycles. The van der Waals surface area contributed by atoms with Crippen molar-refractivity contribution in [2.24, 2.45) is 0 Å². The number of nitrogens with one attached hydrogen (secondary N) is 1. The number of carbonyl (C=O) groups excluding carboxylic acids is 1. The predicted molar refractivity (Wildman–Crippen MR) is 87.0 cm³/mol. The fraction of sp³-hybridized carbons (Fsp3) is 0.562. The van der Waals surface area contributed by atoms with Gasteiger partial charge in [0.15, 0.2) is 0 Å². The summed E-state index contributed by atoms with van der Waals surface area (Å²) in [5.41, 5.74) is 1.28. The van der Waals surface area contributed by atoms with Gasteiger partial charge in [-0.15, -0.1) is 0 Å². The number of carbonyl (C=O) groups is 1. The van der Waals surface area contributed by atoms with E-state index in [1.165, 1.54) is 5.56 Å². The van der Waals surface area contributed by atoms with E-state index in [9.17, 15) is 4.79 Å². The van der Waals surface area contributed by atoms with Crippen LogP contribution in [-0.2, 0) is 11.3 Å². The van der Waals surface area contributed by atoms with E-state index in [4.69, 9.17) is 0 Å². The standard InChI is InChI=1S/C16H22BrN3O/c17-14-5-3-13(4-6-14)12-20-9-1-2-15(20)16(21)19-10-7-18-8-11-19/h3-6,15,18H,1-2,7-12H2. The molecule has 114 valence electrons. The Morgan fingerprint density at radius 1 is 1.19 bits per heavy atom. The molecule has 1 amide bonds. The fourth-order valence-corrected chi connectivity index (χ4v) is 3.48. The van der Waals surface area contributed by atoms with Crippen LogP contribution >= 0.6 is 15.9 Å². The fourth-order valence-electron chi connectivity index (χ4n) is 3.22. The maximum absolute atomic E-state index is 12.7. The minimum absolute atomic E-state index is 0.0757. The maximum Gasteiger partial charge on any atom is 0.240 e. The third-order valence-electron chi connectivity index (χ3n) is 4.38. The second-order valence-corrected chi connectivity index (χ2v) is 6.75. The lowest BCUT2D eigenvalue weighted by molar-refractivity contribution is -0.136. The first kappa shape index (κ1) is 15.0. The molecule has 2 fully saturated rings. The molecule has 2 heterocycles. The van der Waals surface area contributed by atoms with Crippen molar-refractivity contribution in [3.63, 3.8) is 0 Å². The molecule has 0 aliphatic carbocycles. The van der Waals surface area contributed by atoms with Crippen LogP contribution in [0.4, 0.5) is 0 Å². The van der Waals surface area contributed by atoms with Crippen LogP contribution in [0.2, 0.25) is 0 Å². The summed E-state index contributed by atoms with van der Waals surface area (Å²) in [6.07, 6.45) is 2.12. The summed E-state index contributed by atoms with van der Waals surface area (Å²) in [6.45, 7) is 5.44. The van der Waals surface area contributed by atoms with Gasteiger partial charge in [-0.3, -0.25) is 9.69 Å². The summed E-state index contributed by atoms with van der Waals surface area (Å²) in [5, 5.41) is 3.30. The van der Waals surface area contributed by atoms with Gasteiger partial charge in [0.2, 0.25) is 5.91 Å². The number of piperazine rings is 1. The zero-order valence-electron chi connectivity index (χ0n) is 12.2. The molecule has 5 heteroatoms. The van der Waals surface area contributed by atoms with Crippen molar-refractivity contribution in [1.82, 2.24) is 15.1 Å². The lowest BCUT2D eigenvalue weighted by atomic mass is 10.1. The Balaban J connectivity index is 1.64. The predicted octanol–water partition coefficient (Wildman–Crippen LogP) is 1.85. The zero-order chi connectivity index (χ0) is 14.7. The van der Waals surface area contributed by atoms with Crippen molar-refractivity contribution in [2.45, 2.75) is 25.4 Å². The molecule has 2 aliphatic heterocycles. The van der Waals surface area contributed by atoms with Crippen LogP contribution in [0.15, 0.2) is 28.7 Å². The van der Waals surface area contributed by atoms with E-state index in [2.05, 4.69) is 50.4 Å². The van der Waals surface area contributed by atoms with Gasteiger partial charge >= 0.3 is 0 Å². The number of rotatable bonds is 3. The Labute approximate surface area is 134 Å². The van der Waals surface area contributed by atoms with Gasteiger partial charge in [-0.2, -0.15) is 0 Å². The molecular formula is C16H22BrN3O. The molecule has 2 aliphatic rings. The van der Waals surface area contributed by atoms with Crippen molar-refractivity contribution in [2.75, 3.05) is 32.7 Å². The first-order chi connectivity index (χ1) is 10.2. The Hall–Kier alpha value is -0.910. The second-order valence-electron chi connectivity index (χ2n) is 5.83. The average molecular weight is 352 g/mol. The lowest BCUT2D eigenvalue weighted by Gasteiger charge is -2.33. The molecule has 0 bridgehead atoms. The molecule has 1 aromatic rings. The molecule has 4 nitrogen and oxygen atoms in total. The number of halogens is 1. The van der Waals surface area contributed by atoms with Gasteiger partial charge in [0.25, 0.3) is 0 Å². The van der Waals surface area contributed by atoms with E-state index in [1.807, 2.05) is 4.90 Å². The molecule has 1 N–H and O–H groups in total. The summed E-state index contributed by atoms with van der Waals surface area (Å²) >= 11 is 3.47. The number of hydrogen-bond donors (Lipinski definition) is 1. The zero-order valence-corrected chi connectivity index (χ0v) is 13.8. The van der Waals surface area contributed by atoms with Gasteiger partial charge in [0.05, 0.1) is 6.04 Å². The highest BCUT2D eigenvalue weighted by atomic mass is 79.9. The van der Waals surface area contributed by atoms with E-state index in [-0.39, 0.29) is 6.04 Å². The Kier molecular flexibility index (Phi) is 4.93. The van der Waals surface area contributed by atoms with Crippen molar-refractivity contribution in [3.8, 4) is 0 Å². The molecule has 0 spiro atoms. The van der Waals surface area contributed by atoms with E-state index in [1.54, 1.807) is 0 Å².